The van der Waals surface area contributed by atoms with Gasteiger partial charge < -0.3 is 10.2 Å². The standard InChI is InChI=1S/C18H25N5OS/c1-14-19-18(22-21-14)25-13-17(24)20-16-8-11-23(12-9-16)10-7-15-5-3-2-4-6-15/h2-6,16H,7-13H2,1H3,(H,20,24)(H,19,21,22). The van der Waals surface area contributed by atoms with Crippen molar-refractivity contribution in [3.05, 3.63) is 41.7 Å². The van der Waals surface area contributed by atoms with Crippen molar-refractivity contribution in [2.75, 3.05) is 25.4 Å². The summed E-state index contributed by atoms with van der Waals surface area (Å²) in [5.74, 6) is 1.20. The predicted molar refractivity (Wildman–Crippen MR) is 99.6 cm³/mol. The van der Waals surface area contributed by atoms with Crippen LogP contribution >= 0.6 is 11.8 Å². The number of aryl methyl sites for hydroxylation is 1. The Labute approximate surface area is 152 Å². The van der Waals surface area contributed by atoms with Crippen molar-refractivity contribution in [2.45, 2.75) is 37.4 Å². The van der Waals surface area contributed by atoms with Crippen LogP contribution in [0.5, 0.6) is 0 Å². The summed E-state index contributed by atoms with van der Waals surface area (Å²) in [6.07, 6.45) is 3.13. The SMILES string of the molecule is Cc1nc(SCC(=O)NC2CCN(CCc3ccccc3)CC2)n[nH]1. The number of nitrogens with one attached hydrogen (secondary N) is 2. The van der Waals surface area contributed by atoms with E-state index >= 15 is 0 Å². The van der Waals surface area contributed by atoms with Crippen LogP contribution in [0.3, 0.4) is 0 Å². The number of carbonyl (C=O) groups is 1. The summed E-state index contributed by atoms with van der Waals surface area (Å²) in [6.45, 7) is 5.03. The van der Waals surface area contributed by atoms with Crippen molar-refractivity contribution in [3.63, 3.8) is 0 Å². The molecule has 2 heterocycles. The van der Waals surface area contributed by atoms with Crippen molar-refractivity contribution < 1.29 is 4.79 Å². The minimum absolute atomic E-state index is 0.0650. The van der Waals surface area contributed by atoms with E-state index in [0.29, 0.717) is 10.9 Å². The Morgan fingerprint density at radius 3 is 2.76 bits per heavy atom. The number of aromatic amines is 1. The largest absolute Gasteiger partial charge is 0.353 e. The maximum absolute atomic E-state index is 12.1. The zero-order valence-electron chi connectivity index (χ0n) is 14.6. The molecule has 0 saturated carbocycles. The monoisotopic (exact) mass is 359 g/mol. The quantitative estimate of drug-likeness (QED) is 0.740. The van der Waals surface area contributed by atoms with Gasteiger partial charge in [0.15, 0.2) is 0 Å². The lowest BCUT2D eigenvalue weighted by Crippen LogP contribution is -2.45. The molecule has 0 unspecified atom stereocenters. The van der Waals surface area contributed by atoms with E-state index in [1.54, 1.807) is 0 Å². The highest BCUT2D eigenvalue weighted by atomic mass is 32.2. The average Bonchev–Trinajstić information content (AvgIpc) is 3.06. The third-order valence-corrected chi connectivity index (χ3v) is 5.27. The van der Waals surface area contributed by atoms with E-state index in [4.69, 9.17) is 0 Å². The summed E-state index contributed by atoms with van der Waals surface area (Å²) in [7, 11) is 0. The molecule has 3 rings (SSSR count). The first-order valence-electron chi connectivity index (χ1n) is 8.76. The van der Waals surface area contributed by atoms with Gasteiger partial charge in [0.1, 0.15) is 5.82 Å². The number of amides is 1. The van der Waals surface area contributed by atoms with Crippen LogP contribution in [-0.2, 0) is 11.2 Å². The van der Waals surface area contributed by atoms with Crippen LogP contribution in [-0.4, -0.2) is 57.4 Å². The van der Waals surface area contributed by atoms with Gasteiger partial charge in [0.25, 0.3) is 0 Å². The van der Waals surface area contributed by atoms with Crippen LogP contribution in [0.2, 0.25) is 0 Å². The Hall–Kier alpha value is -1.86. The Balaban J connectivity index is 1.32. The molecule has 1 fully saturated rings. The summed E-state index contributed by atoms with van der Waals surface area (Å²) in [5.41, 5.74) is 1.39. The third kappa shape index (κ3) is 5.86. The highest BCUT2D eigenvalue weighted by molar-refractivity contribution is 7.99. The number of H-pyrrole nitrogens is 1. The summed E-state index contributed by atoms with van der Waals surface area (Å²) >= 11 is 1.37. The number of thioether (sulfide) groups is 1. The third-order valence-electron chi connectivity index (χ3n) is 4.42. The van der Waals surface area contributed by atoms with Crippen LogP contribution in [0.25, 0.3) is 0 Å². The molecular formula is C18H25N5OS. The minimum Gasteiger partial charge on any atom is -0.353 e. The molecule has 6 nitrogen and oxygen atoms in total. The molecule has 1 aromatic heterocycles. The van der Waals surface area contributed by atoms with Gasteiger partial charge in [-0.2, -0.15) is 0 Å². The molecule has 25 heavy (non-hydrogen) atoms. The second kappa shape index (κ2) is 9.01. The second-order valence-electron chi connectivity index (χ2n) is 6.41. The summed E-state index contributed by atoms with van der Waals surface area (Å²) in [5, 5.41) is 10.6. The van der Waals surface area contributed by atoms with Gasteiger partial charge in [-0.3, -0.25) is 9.89 Å². The molecule has 0 aliphatic carbocycles. The van der Waals surface area contributed by atoms with Crippen LogP contribution in [0, 0.1) is 6.92 Å². The van der Waals surface area contributed by atoms with Crippen molar-refractivity contribution in [1.29, 1.82) is 0 Å². The van der Waals surface area contributed by atoms with Gasteiger partial charge in [0, 0.05) is 25.7 Å². The van der Waals surface area contributed by atoms with Crippen LogP contribution in [0.15, 0.2) is 35.5 Å². The molecule has 2 aromatic rings. The van der Waals surface area contributed by atoms with Crippen LogP contribution < -0.4 is 5.32 Å². The fourth-order valence-corrected chi connectivity index (χ4v) is 3.67. The highest BCUT2D eigenvalue weighted by Crippen LogP contribution is 2.14. The lowest BCUT2D eigenvalue weighted by Gasteiger charge is -2.32. The lowest BCUT2D eigenvalue weighted by atomic mass is 10.0. The summed E-state index contributed by atoms with van der Waals surface area (Å²) in [6, 6.07) is 10.9. The van der Waals surface area contributed by atoms with Gasteiger partial charge in [-0.15, -0.1) is 5.10 Å². The van der Waals surface area contributed by atoms with E-state index in [-0.39, 0.29) is 11.9 Å². The molecule has 1 saturated heterocycles. The first-order valence-corrected chi connectivity index (χ1v) is 9.75. The summed E-state index contributed by atoms with van der Waals surface area (Å²) < 4.78 is 0. The van der Waals surface area contributed by atoms with Crippen molar-refractivity contribution in [3.8, 4) is 0 Å². The molecule has 0 spiro atoms. The van der Waals surface area contributed by atoms with Crippen molar-refractivity contribution in [1.82, 2.24) is 25.4 Å². The van der Waals surface area contributed by atoms with E-state index in [2.05, 4.69) is 55.7 Å². The van der Waals surface area contributed by atoms with E-state index in [0.717, 1.165) is 44.7 Å². The van der Waals surface area contributed by atoms with E-state index < -0.39 is 0 Å². The maximum atomic E-state index is 12.1. The number of hydrogen-bond acceptors (Lipinski definition) is 5. The molecular weight excluding hydrogens is 334 g/mol. The maximum Gasteiger partial charge on any atom is 0.230 e. The zero-order chi connectivity index (χ0) is 17.5. The van der Waals surface area contributed by atoms with Gasteiger partial charge in [-0.05, 0) is 31.7 Å². The number of carbonyl (C=O) groups excluding carboxylic acids is 1. The molecule has 0 bridgehead atoms. The normalized spacial score (nSPS) is 16.0. The fourth-order valence-electron chi connectivity index (χ4n) is 3.02. The smallest absolute Gasteiger partial charge is 0.230 e. The molecule has 1 aliphatic heterocycles. The zero-order valence-corrected chi connectivity index (χ0v) is 15.4. The van der Waals surface area contributed by atoms with Gasteiger partial charge >= 0.3 is 0 Å². The highest BCUT2D eigenvalue weighted by Gasteiger charge is 2.20. The lowest BCUT2D eigenvalue weighted by molar-refractivity contribution is -0.119. The number of piperidine rings is 1. The van der Waals surface area contributed by atoms with E-state index in [1.165, 1.54) is 17.3 Å². The molecule has 134 valence electrons. The Kier molecular flexibility index (Phi) is 6.47. The second-order valence-corrected chi connectivity index (χ2v) is 7.35. The van der Waals surface area contributed by atoms with Crippen LogP contribution in [0.1, 0.15) is 24.2 Å². The Morgan fingerprint density at radius 2 is 2.08 bits per heavy atom. The molecule has 0 atom stereocenters. The van der Waals surface area contributed by atoms with Gasteiger partial charge in [-0.1, -0.05) is 42.1 Å². The van der Waals surface area contributed by atoms with E-state index in [1.807, 2.05) is 6.92 Å². The average molecular weight is 359 g/mol. The van der Waals surface area contributed by atoms with Gasteiger partial charge in [0.05, 0.1) is 5.75 Å². The number of benzene rings is 1. The molecule has 0 radical (unpaired) electrons. The number of aromatic nitrogens is 3. The Morgan fingerprint density at radius 1 is 1.32 bits per heavy atom. The number of likely N-dealkylation sites (tertiary alicyclic amines) is 1. The van der Waals surface area contributed by atoms with Crippen molar-refractivity contribution in [2.24, 2.45) is 0 Å². The van der Waals surface area contributed by atoms with Crippen LogP contribution in [0.4, 0.5) is 0 Å². The molecule has 2 N–H and O–H groups in total. The summed E-state index contributed by atoms with van der Waals surface area (Å²) in [4.78, 5) is 18.8. The fraction of sp³-hybridized carbons (Fsp3) is 0.500. The molecule has 7 heteroatoms. The minimum atomic E-state index is 0.0650. The number of rotatable bonds is 7. The van der Waals surface area contributed by atoms with Gasteiger partial charge in [-0.25, -0.2) is 4.98 Å². The van der Waals surface area contributed by atoms with Gasteiger partial charge in [0.2, 0.25) is 11.1 Å². The van der Waals surface area contributed by atoms with Crippen molar-refractivity contribution >= 4 is 17.7 Å². The van der Waals surface area contributed by atoms with E-state index in [9.17, 15) is 4.79 Å². The Bertz CT molecular complexity index is 667. The first-order chi connectivity index (χ1) is 12.2. The number of nitrogens with zero attached hydrogens (tertiary/aromatic N) is 3. The predicted octanol–water partition coefficient (Wildman–Crippen LogP) is 2.03. The molecule has 1 aromatic carbocycles. The number of hydrogen-bond donors (Lipinski definition) is 2. The molecule has 1 amide bonds. The molecule has 1 aliphatic rings. The first kappa shape index (κ1) is 17.9. The topological polar surface area (TPSA) is 73.9 Å².